The molecule has 25 heavy (non-hydrogen) atoms. The van der Waals surface area contributed by atoms with Crippen molar-refractivity contribution in [1.82, 2.24) is 4.90 Å². The molecule has 0 bridgehead atoms. The molecule has 1 saturated heterocycles. The predicted molar refractivity (Wildman–Crippen MR) is 94.4 cm³/mol. The lowest BCUT2D eigenvalue weighted by Crippen LogP contribution is -2.32. The van der Waals surface area contributed by atoms with Crippen LogP contribution in [0.2, 0.25) is 0 Å². The summed E-state index contributed by atoms with van der Waals surface area (Å²) in [5.74, 6) is -1.48. The smallest absolute Gasteiger partial charge is 0.410 e. The van der Waals surface area contributed by atoms with Gasteiger partial charge in [-0.05, 0) is 25.8 Å². The molecule has 1 aliphatic heterocycles. The van der Waals surface area contributed by atoms with Gasteiger partial charge in [-0.3, -0.25) is 9.59 Å². The maximum absolute atomic E-state index is 12.2. The Hall–Kier alpha value is -2.08. The number of nitrogens with zero attached hydrogens (tertiary/aromatic N) is 1. The summed E-state index contributed by atoms with van der Waals surface area (Å²) in [4.78, 5) is 37.7. The summed E-state index contributed by atoms with van der Waals surface area (Å²) < 4.78 is 10.4. The lowest BCUT2D eigenvalue weighted by atomic mass is 9.99. The molecule has 0 saturated carbocycles. The highest BCUT2D eigenvalue weighted by Gasteiger charge is 2.33. The van der Waals surface area contributed by atoms with Crippen molar-refractivity contribution in [3.8, 4) is 0 Å². The molecule has 1 atom stereocenters. The Kier molecular flexibility index (Phi) is 8.41. The van der Waals surface area contributed by atoms with Crippen molar-refractivity contribution in [1.29, 1.82) is 0 Å². The average Bonchev–Trinajstić information content (AvgIpc) is 2.75. The molecule has 0 spiro atoms. The summed E-state index contributed by atoms with van der Waals surface area (Å²) >= 11 is 0. The molecule has 0 aromatic heterocycles. The first-order valence-corrected chi connectivity index (χ1v) is 8.16. The first kappa shape index (κ1) is 21.0. The standard InChI is InChI=1S/C18H23NO5.ClH/c1-13(2)24-17(21)15-8-10-19(11-9-16(15)20)18(22)23-12-14-6-4-3-5-7-14;/h3-7,13,15H,8-12H2,1-2H3;1H. The Morgan fingerprint density at radius 2 is 1.88 bits per heavy atom. The van der Waals surface area contributed by atoms with Crippen LogP contribution >= 0.6 is 12.4 Å². The highest BCUT2D eigenvalue weighted by molar-refractivity contribution is 5.99. The van der Waals surface area contributed by atoms with Crippen molar-refractivity contribution in [3.05, 3.63) is 35.9 Å². The minimum absolute atomic E-state index is 0. The number of benzene rings is 1. The highest BCUT2D eigenvalue weighted by atomic mass is 35.5. The van der Waals surface area contributed by atoms with Gasteiger partial charge < -0.3 is 14.4 Å². The Labute approximate surface area is 153 Å². The number of carbonyl (C=O) groups excluding carboxylic acids is 3. The van der Waals surface area contributed by atoms with Crippen LogP contribution in [0.25, 0.3) is 0 Å². The monoisotopic (exact) mass is 369 g/mol. The van der Waals surface area contributed by atoms with E-state index in [-0.39, 0.29) is 50.3 Å². The Morgan fingerprint density at radius 1 is 1.20 bits per heavy atom. The molecule has 0 radical (unpaired) electrons. The van der Waals surface area contributed by atoms with E-state index in [1.165, 1.54) is 4.90 Å². The zero-order valence-electron chi connectivity index (χ0n) is 14.5. The van der Waals surface area contributed by atoms with E-state index in [9.17, 15) is 14.4 Å². The van der Waals surface area contributed by atoms with E-state index in [0.717, 1.165) is 5.56 Å². The maximum atomic E-state index is 12.2. The van der Waals surface area contributed by atoms with Crippen molar-refractivity contribution in [3.63, 3.8) is 0 Å². The lowest BCUT2D eigenvalue weighted by molar-refractivity contribution is -0.155. The van der Waals surface area contributed by atoms with Gasteiger partial charge in [0, 0.05) is 19.5 Å². The van der Waals surface area contributed by atoms with E-state index in [1.807, 2.05) is 30.3 Å². The first-order valence-electron chi connectivity index (χ1n) is 8.16. The molecular weight excluding hydrogens is 346 g/mol. The molecule has 7 heteroatoms. The summed E-state index contributed by atoms with van der Waals surface area (Å²) in [5.41, 5.74) is 0.898. The van der Waals surface area contributed by atoms with E-state index in [4.69, 9.17) is 9.47 Å². The number of hydrogen-bond acceptors (Lipinski definition) is 5. The fraction of sp³-hybridized carbons (Fsp3) is 0.500. The van der Waals surface area contributed by atoms with Gasteiger partial charge in [-0.15, -0.1) is 12.4 Å². The second-order valence-corrected chi connectivity index (χ2v) is 6.07. The van der Waals surface area contributed by atoms with Crippen LogP contribution in [0.1, 0.15) is 32.3 Å². The van der Waals surface area contributed by atoms with Crippen molar-refractivity contribution in [2.45, 2.75) is 39.4 Å². The Balaban J connectivity index is 0.00000312. The van der Waals surface area contributed by atoms with Crippen molar-refractivity contribution >= 4 is 30.3 Å². The molecule has 1 fully saturated rings. The van der Waals surface area contributed by atoms with Gasteiger partial charge in [0.2, 0.25) is 0 Å². The summed E-state index contributed by atoms with van der Waals surface area (Å²) in [6, 6.07) is 9.38. The molecular formula is C18H24ClNO5. The molecule has 1 unspecified atom stereocenters. The summed E-state index contributed by atoms with van der Waals surface area (Å²) in [6.45, 7) is 4.23. The van der Waals surface area contributed by atoms with Crippen molar-refractivity contribution in [2.24, 2.45) is 5.92 Å². The molecule has 1 heterocycles. The van der Waals surface area contributed by atoms with Gasteiger partial charge in [0.15, 0.2) is 0 Å². The van der Waals surface area contributed by atoms with Crippen LogP contribution in [0.15, 0.2) is 30.3 Å². The van der Waals surface area contributed by atoms with Crippen molar-refractivity contribution < 1.29 is 23.9 Å². The van der Waals surface area contributed by atoms with Crippen LogP contribution < -0.4 is 0 Å². The van der Waals surface area contributed by atoms with Crippen LogP contribution in [-0.4, -0.2) is 41.9 Å². The van der Waals surface area contributed by atoms with Gasteiger partial charge in [-0.2, -0.15) is 0 Å². The normalized spacial score (nSPS) is 17.5. The number of amides is 1. The minimum Gasteiger partial charge on any atom is -0.462 e. The second kappa shape index (κ2) is 10.0. The molecule has 1 aliphatic rings. The molecule has 6 nitrogen and oxygen atoms in total. The largest absolute Gasteiger partial charge is 0.462 e. The molecule has 0 aliphatic carbocycles. The number of carbonyl (C=O) groups is 3. The van der Waals surface area contributed by atoms with E-state index >= 15 is 0 Å². The molecule has 1 amide bonds. The first-order chi connectivity index (χ1) is 11.5. The SMILES string of the molecule is CC(C)OC(=O)C1CCN(C(=O)OCc2ccccc2)CCC1=O.Cl. The summed E-state index contributed by atoms with van der Waals surface area (Å²) in [7, 11) is 0. The minimum atomic E-state index is -0.792. The predicted octanol–water partition coefficient (Wildman–Crippen LogP) is 2.98. The summed E-state index contributed by atoms with van der Waals surface area (Å²) in [6.07, 6.45) is -0.326. The third-order valence-electron chi connectivity index (χ3n) is 3.80. The van der Waals surface area contributed by atoms with Crippen LogP contribution in [-0.2, 0) is 25.7 Å². The van der Waals surface area contributed by atoms with Gasteiger partial charge in [-0.25, -0.2) is 4.79 Å². The number of rotatable bonds is 4. The van der Waals surface area contributed by atoms with Crippen molar-refractivity contribution in [2.75, 3.05) is 13.1 Å². The third kappa shape index (κ3) is 6.38. The van der Waals surface area contributed by atoms with E-state index in [0.29, 0.717) is 6.54 Å². The fourth-order valence-electron chi connectivity index (χ4n) is 2.53. The van der Waals surface area contributed by atoms with Crippen LogP contribution in [0.4, 0.5) is 4.79 Å². The topological polar surface area (TPSA) is 72.9 Å². The van der Waals surface area contributed by atoms with E-state index in [2.05, 4.69) is 0 Å². The number of Topliss-reactive ketones (excluding diaryl/α,β-unsaturated/α-hetero) is 1. The van der Waals surface area contributed by atoms with E-state index < -0.39 is 18.0 Å². The van der Waals surface area contributed by atoms with Gasteiger partial charge in [-0.1, -0.05) is 30.3 Å². The maximum Gasteiger partial charge on any atom is 0.410 e. The molecule has 1 aromatic carbocycles. The third-order valence-corrected chi connectivity index (χ3v) is 3.80. The van der Waals surface area contributed by atoms with Crippen LogP contribution in [0.5, 0.6) is 0 Å². The second-order valence-electron chi connectivity index (χ2n) is 6.07. The molecule has 138 valence electrons. The van der Waals surface area contributed by atoms with E-state index in [1.54, 1.807) is 13.8 Å². The zero-order chi connectivity index (χ0) is 17.5. The number of ether oxygens (including phenoxy) is 2. The van der Waals surface area contributed by atoms with Gasteiger partial charge in [0.1, 0.15) is 18.3 Å². The zero-order valence-corrected chi connectivity index (χ0v) is 15.3. The van der Waals surface area contributed by atoms with Gasteiger partial charge in [0.05, 0.1) is 6.10 Å². The Morgan fingerprint density at radius 3 is 2.52 bits per heavy atom. The summed E-state index contributed by atoms with van der Waals surface area (Å²) in [5, 5.41) is 0. The van der Waals surface area contributed by atoms with Gasteiger partial charge in [0.25, 0.3) is 0 Å². The number of esters is 1. The fourth-order valence-corrected chi connectivity index (χ4v) is 2.53. The number of halogens is 1. The average molecular weight is 370 g/mol. The Bertz CT molecular complexity index is 590. The lowest BCUT2D eigenvalue weighted by Gasteiger charge is -2.19. The highest BCUT2D eigenvalue weighted by Crippen LogP contribution is 2.18. The van der Waals surface area contributed by atoms with Gasteiger partial charge >= 0.3 is 12.1 Å². The molecule has 0 N–H and O–H groups in total. The quantitative estimate of drug-likeness (QED) is 0.602. The van der Waals surface area contributed by atoms with Crippen LogP contribution in [0, 0.1) is 5.92 Å². The number of ketones is 1. The number of likely N-dealkylation sites (tertiary alicyclic amines) is 1. The van der Waals surface area contributed by atoms with Crippen LogP contribution in [0.3, 0.4) is 0 Å². The number of hydrogen-bond donors (Lipinski definition) is 0. The molecule has 2 rings (SSSR count). The molecule has 1 aromatic rings.